The number of rotatable bonds is 7. The molecule has 1 atom stereocenters. The van der Waals surface area contributed by atoms with Gasteiger partial charge < -0.3 is 21.1 Å². The van der Waals surface area contributed by atoms with Gasteiger partial charge in [0, 0.05) is 6.42 Å². The Morgan fingerprint density at radius 2 is 1.75 bits per heavy atom. The second kappa shape index (κ2) is 9.02. The number of esters is 1. The summed E-state index contributed by atoms with van der Waals surface area (Å²) in [6.07, 6.45) is 0.298. The lowest BCUT2D eigenvalue weighted by atomic mass is 10.1. The van der Waals surface area contributed by atoms with Crippen LogP contribution in [-0.2, 0) is 25.5 Å². The molecule has 0 saturated heterocycles. The number of ether oxygens (including phenoxy) is 1. The lowest BCUT2D eigenvalue weighted by molar-refractivity contribution is -0.158. The average molecular weight is 335 g/mol. The lowest BCUT2D eigenvalue weighted by Gasteiger charge is -2.24. The first kappa shape index (κ1) is 19.6. The quantitative estimate of drug-likeness (QED) is 0.614. The Balaban J connectivity index is 2.75. The molecule has 0 aliphatic rings. The summed E-state index contributed by atoms with van der Waals surface area (Å²) in [4.78, 5) is 35.4. The lowest BCUT2D eigenvalue weighted by Crippen LogP contribution is -2.49. The Morgan fingerprint density at radius 3 is 2.29 bits per heavy atom. The van der Waals surface area contributed by atoms with E-state index in [0.717, 1.165) is 5.56 Å². The largest absolute Gasteiger partial charge is 0.458 e. The fourth-order valence-electron chi connectivity index (χ4n) is 1.91. The zero-order valence-electron chi connectivity index (χ0n) is 14.3. The summed E-state index contributed by atoms with van der Waals surface area (Å²) in [7, 11) is 0. The average Bonchev–Trinajstić information content (AvgIpc) is 2.51. The van der Waals surface area contributed by atoms with Gasteiger partial charge in [-0.2, -0.15) is 0 Å². The van der Waals surface area contributed by atoms with Gasteiger partial charge in [0.1, 0.15) is 11.6 Å². The monoisotopic (exact) mass is 335 g/mol. The van der Waals surface area contributed by atoms with Crippen LogP contribution in [0.15, 0.2) is 30.3 Å². The van der Waals surface area contributed by atoms with E-state index in [1.54, 1.807) is 20.8 Å². The van der Waals surface area contributed by atoms with Crippen molar-refractivity contribution in [3.05, 3.63) is 35.9 Å². The minimum atomic E-state index is -0.839. The summed E-state index contributed by atoms with van der Waals surface area (Å²) in [6, 6.07) is 8.45. The first-order valence-electron chi connectivity index (χ1n) is 7.74. The van der Waals surface area contributed by atoms with Gasteiger partial charge in [0.2, 0.25) is 11.8 Å². The van der Waals surface area contributed by atoms with Crippen molar-refractivity contribution in [1.82, 2.24) is 10.6 Å². The molecule has 1 aromatic rings. The Bertz CT molecular complexity index is 567. The number of hydrogen-bond donors (Lipinski definition) is 3. The molecule has 2 amide bonds. The zero-order valence-corrected chi connectivity index (χ0v) is 14.3. The van der Waals surface area contributed by atoms with Crippen LogP contribution in [0.4, 0.5) is 0 Å². The maximum absolute atomic E-state index is 12.3. The molecule has 1 rings (SSSR count). The minimum Gasteiger partial charge on any atom is -0.458 e. The van der Waals surface area contributed by atoms with E-state index in [-0.39, 0.29) is 13.1 Å². The van der Waals surface area contributed by atoms with Crippen molar-refractivity contribution in [3.8, 4) is 0 Å². The van der Waals surface area contributed by atoms with E-state index in [4.69, 9.17) is 10.5 Å². The topological polar surface area (TPSA) is 111 Å². The van der Waals surface area contributed by atoms with Crippen molar-refractivity contribution in [2.45, 2.75) is 38.8 Å². The van der Waals surface area contributed by atoms with Gasteiger partial charge in [0.05, 0.1) is 13.1 Å². The van der Waals surface area contributed by atoms with E-state index < -0.39 is 29.4 Å². The summed E-state index contributed by atoms with van der Waals surface area (Å²) in [6.45, 7) is 4.83. The number of hydrogen-bond acceptors (Lipinski definition) is 5. The van der Waals surface area contributed by atoms with Crippen molar-refractivity contribution in [2.24, 2.45) is 5.73 Å². The van der Waals surface area contributed by atoms with E-state index in [2.05, 4.69) is 10.6 Å². The molecule has 7 heteroatoms. The standard InChI is InChI=1S/C17H25N3O4/c1-17(2,3)24-16(23)13(9-12-7-5-4-6-8-12)20-15(22)11-19-14(21)10-18/h4-8,13H,9-11,18H2,1-3H3,(H,19,21)(H,20,22). The zero-order chi connectivity index (χ0) is 18.2. The third kappa shape index (κ3) is 7.73. The van der Waals surface area contributed by atoms with Crippen molar-refractivity contribution in [1.29, 1.82) is 0 Å². The fraction of sp³-hybridized carbons (Fsp3) is 0.471. The molecule has 0 aliphatic carbocycles. The smallest absolute Gasteiger partial charge is 0.329 e. The molecule has 0 spiro atoms. The van der Waals surface area contributed by atoms with Crippen molar-refractivity contribution in [3.63, 3.8) is 0 Å². The van der Waals surface area contributed by atoms with Crippen molar-refractivity contribution < 1.29 is 19.1 Å². The summed E-state index contributed by atoms with van der Waals surface area (Å²) in [5, 5.41) is 4.96. The molecule has 24 heavy (non-hydrogen) atoms. The molecule has 0 saturated carbocycles. The van der Waals surface area contributed by atoms with Crippen molar-refractivity contribution in [2.75, 3.05) is 13.1 Å². The third-order valence-electron chi connectivity index (χ3n) is 2.94. The first-order chi connectivity index (χ1) is 11.2. The van der Waals surface area contributed by atoms with Crippen LogP contribution in [0, 0.1) is 0 Å². The molecule has 0 fully saturated rings. The van der Waals surface area contributed by atoms with E-state index in [9.17, 15) is 14.4 Å². The highest BCUT2D eigenvalue weighted by Crippen LogP contribution is 2.11. The normalized spacial score (nSPS) is 12.2. The van der Waals surface area contributed by atoms with E-state index in [0.29, 0.717) is 6.42 Å². The Hall–Kier alpha value is -2.41. The molecule has 4 N–H and O–H groups in total. The molecule has 0 radical (unpaired) electrons. The Morgan fingerprint density at radius 1 is 1.12 bits per heavy atom. The maximum Gasteiger partial charge on any atom is 0.329 e. The molecule has 1 aromatic carbocycles. The van der Waals surface area contributed by atoms with Gasteiger partial charge in [0.15, 0.2) is 0 Å². The molecule has 0 aromatic heterocycles. The van der Waals surface area contributed by atoms with Crippen LogP contribution in [0.3, 0.4) is 0 Å². The van der Waals surface area contributed by atoms with Crippen LogP contribution >= 0.6 is 0 Å². The number of nitrogens with one attached hydrogen (secondary N) is 2. The van der Waals surface area contributed by atoms with E-state index in [1.165, 1.54) is 0 Å². The molecule has 1 unspecified atom stereocenters. The molecular formula is C17H25N3O4. The highest BCUT2D eigenvalue weighted by molar-refractivity contribution is 5.88. The number of carbonyl (C=O) groups excluding carboxylic acids is 3. The maximum atomic E-state index is 12.3. The van der Waals surface area contributed by atoms with E-state index >= 15 is 0 Å². The van der Waals surface area contributed by atoms with Crippen LogP contribution in [0.25, 0.3) is 0 Å². The number of amides is 2. The highest BCUT2D eigenvalue weighted by atomic mass is 16.6. The molecule has 0 heterocycles. The van der Waals surface area contributed by atoms with Crippen LogP contribution in [0.1, 0.15) is 26.3 Å². The molecular weight excluding hydrogens is 310 g/mol. The molecule has 7 nitrogen and oxygen atoms in total. The third-order valence-corrected chi connectivity index (χ3v) is 2.94. The second-order valence-corrected chi connectivity index (χ2v) is 6.32. The summed E-state index contributed by atoms with van der Waals surface area (Å²) >= 11 is 0. The fourth-order valence-corrected chi connectivity index (χ4v) is 1.91. The van der Waals surface area contributed by atoms with Gasteiger partial charge in [-0.3, -0.25) is 9.59 Å². The second-order valence-electron chi connectivity index (χ2n) is 6.32. The van der Waals surface area contributed by atoms with Crippen LogP contribution in [-0.4, -0.2) is 42.5 Å². The predicted molar refractivity (Wildman–Crippen MR) is 90.0 cm³/mol. The number of carbonyl (C=O) groups is 3. The van der Waals surface area contributed by atoms with Crippen LogP contribution in [0.2, 0.25) is 0 Å². The first-order valence-corrected chi connectivity index (χ1v) is 7.74. The van der Waals surface area contributed by atoms with Crippen molar-refractivity contribution >= 4 is 17.8 Å². The highest BCUT2D eigenvalue weighted by Gasteiger charge is 2.26. The van der Waals surface area contributed by atoms with Gasteiger partial charge in [-0.05, 0) is 26.3 Å². The van der Waals surface area contributed by atoms with Gasteiger partial charge in [0.25, 0.3) is 0 Å². The number of nitrogens with two attached hydrogens (primary N) is 1. The van der Waals surface area contributed by atoms with Crippen LogP contribution in [0.5, 0.6) is 0 Å². The SMILES string of the molecule is CC(C)(C)OC(=O)C(Cc1ccccc1)NC(=O)CNC(=O)CN. The van der Waals surface area contributed by atoms with Gasteiger partial charge in [-0.1, -0.05) is 30.3 Å². The molecule has 132 valence electrons. The van der Waals surface area contributed by atoms with Crippen LogP contribution < -0.4 is 16.4 Å². The Kier molecular flexibility index (Phi) is 7.38. The van der Waals surface area contributed by atoms with Gasteiger partial charge in [-0.15, -0.1) is 0 Å². The summed E-state index contributed by atoms with van der Waals surface area (Å²) in [5.74, 6) is -1.45. The Labute approximate surface area is 141 Å². The van der Waals surface area contributed by atoms with Gasteiger partial charge in [-0.25, -0.2) is 4.79 Å². The number of benzene rings is 1. The van der Waals surface area contributed by atoms with Gasteiger partial charge >= 0.3 is 5.97 Å². The van der Waals surface area contributed by atoms with E-state index in [1.807, 2.05) is 30.3 Å². The molecule has 0 bridgehead atoms. The predicted octanol–water partition coefficient (Wildman–Crippen LogP) is 0.131. The minimum absolute atomic E-state index is 0.202. The summed E-state index contributed by atoms with van der Waals surface area (Å²) < 4.78 is 5.36. The molecule has 0 aliphatic heterocycles. The summed E-state index contributed by atoms with van der Waals surface area (Å²) in [5.41, 5.74) is 5.39.